The number of fused-ring (bicyclic) bond motifs is 1. The van der Waals surface area contributed by atoms with Crippen molar-refractivity contribution in [3.8, 4) is 0 Å². The minimum Gasteiger partial charge on any atom is -0.325 e. The van der Waals surface area contributed by atoms with Crippen LogP contribution in [0, 0.1) is 0 Å². The van der Waals surface area contributed by atoms with Crippen molar-refractivity contribution in [1.29, 1.82) is 0 Å². The number of nitrogens with one attached hydrogen (secondary N) is 1. The van der Waals surface area contributed by atoms with Gasteiger partial charge in [0.05, 0.1) is 5.25 Å². The lowest BCUT2D eigenvalue weighted by atomic mass is 10.1. The van der Waals surface area contributed by atoms with Crippen molar-refractivity contribution in [2.45, 2.75) is 23.5 Å². The highest BCUT2D eigenvalue weighted by Crippen LogP contribution is 2.31. The van der Waals surface area contributed by atoms with Gasteiger partial charge in [0.2, 0.25) is 11.7 Å². The first kappa shape index (κ1) is 18.2. The van der Waals surface area contributed by atoms with Crippen molar-refractivity contribution in [3.63, 3.8) is 0 Å². The monoisotopic (exact) mass is 380 g/mol. The lowest BCUT2D eigenvalue weighted by Gasteiger charge is -2.12. The fourth-order valence-corrected chi connectivity index (χ4v) is 3.20. The van der Waals surface area contributed by atoms with Gasteiger partial charge in [0.25, 0.3) is 0 Å². The normalized spacial score (nSPS) is 13.0. The van der Waals surface area contributed by atoms with Gasteiger partial charge >= 0.3 is 6.18 Å². The fraction of sp³-hybridized carbons (Fsp3) is 0.235. The zero-order valence-electron chi connectivity index (χ0n) is 13.9. The van der Waals surface area contributed by atoms with E-state index in [-0.39, 0.29) is 11.1 Å². The summed E-state index contributed by atoms with van der Waals surface area (Å²) in [6.45, 7) is 1.60. The van der Waals surface area contributed by atoms with Crippen LogP contribution in [0.4, 0.5) is 18.9 Å². The summed E-state index contributed by atoms with van der Waals surface area (Å²) in [6, 6.07) is 13.2. The highest BCUT2D eigenvalue weighted by molar-refractivity contribution is 8.00. The van der Waals surface area contributed by atoms with Crippen LogP contribution in [-0.2, 0) is 18.0 Å². The van der Waals surface area contributed by atoms with Crippen LogP contribution >= 0.6 is 11.8 Å². The second-order valence-corrected chi connectivity index (χ2v) is 6.98. The molecule has 0 bridgehead atoms. The van der Waals surface area contributed by atoms with Crippen molar-refractivity contribution >= 4 is 34.1 Å². The van der Waals surface area contributed by atoms with E-state index in [1.807, 2.05) is 36.4 Å². The van der Waals surface area contributed by atoms with Crippen LogP contribution in [0.3, 0.4) is 0 Å². The van der Waals surface area contributed by atoms with E-state index in [0.29, 0.717) is 5.69 Å². The van der Waals surface area contributed by atoms with E-state index in [4.69, 9.17) is 0 Å². The summed E-state index contributed by atoms with van der Waals surface area (Å²) >= 11 is 0.915. The molecule has 1 aromatic heterocycles. The Kier molecular flexibility index (Phi) is 4.90. The number of benzene rings is 2. The minimum atomic E-state index is -4.59. The van der Waals surface area contributed by atoms with Crippen molar-refractivity contribution in [3.05, 3.63) is 48.3 Å². The lowest BCUT2D eigenvalue weighted by molar-refractivity contribution is -0.147. The van der Waals surface area contributed by atoms with Gasteiger partial charge in [-0.15, -0.1) is 10.2 Å². The van der Waals surface area contributed by atoms with Crippen LogP contribution in [0.25, 0.3) is 10.8 Å². The van der Waals surface area contributed by atoms with Gasteiger partial charge in [0.15, 0.2) is 5.16 Å². The average molecular weight is 380 g/mol. The number of alkyl halides is 3. The Morgan fingerprint density at radius 3 is 2.50 bits per heavy atom. The van der Waals surface area contributed by atoms with E-state index < -0.39 is 17.3 Å². The van der Waals surface area contributed by atoms with Gasteiger partial charge in [0.1, 0.15) is 0 Å². The van der Waals surface area contributed by atoms with Crippen LogP contribution in [0.5, 0.6) is 0 Å². The Labute approximate surface area is 151 Å². The van der Waals surface area contributed by atoms with E-state index in [0.717, 1.165) is 27.1 Å². The zero-order valence-corrected chi connectivity index (χ0v) is 14.7. The predicted octanol–water partition coefficient (Wildman–Crippen LogP) is 4.11. The molecule has 9 heteroatoms. The number of amides is 1. The number of carbonyl (C=O) groups is 1. The lowest BCUT2D eigenvalue weighted by Crippen LogP contribution is -2.23. The number of rotatable bonds is 4. The maximum Gasteiger partial charge on any atom is 0.451 e. The van der Waals surface area contributed by atoms with E-state index >= 15 is 0 Å². The molecule has 3 aromatic rings. The van der Waals surface area contributed by atoms with Crippen LogP contribution in [0.15, 0.2) is 47.6 Å². The Balaban J connectivity index is 1.70. The Morgan fingerprint density at radius 2 is 1.85 bits per heavy atom. The molecule has 26 heavy (non-hydrogen) atoms. The topological polar surface area (TPSA) is 59.8 Å². The summed E-state index contributed by atoms with van der Waals surface area (Å²) in [6.07, 6.45) is -4.59. The smallest absolute Gasteiger partial charge is 0.325 e. The molecular weight excluding hydrogens is 365 g/mol. The molecule has 0 fully saturated rings. The number of halogens is 3. The number of carbonyl (C=O) groups excluding carboxylic acids is 1. The molecule has 3 rings (SSSR count). The molecule has 136 valence electrons. The summed E-state index contributed by atoms with van der Waals surface area (Å²) in [4.78, 5) is 12.4. The van der Waals surface area contributed by atoms with Crippen molar-refractivity contribution in [2.24, 2.45) is 7.05 Å². The standard InChI is InChI=1S/C17H15F3N4OS/c1-10(26-16-23-22-15(24(16)2)17(18,19)20)14(25)21-13-8-7-11-5-3-4-6-12(11)9-13/h3-10H,1-2H3,(H,21,25)/t10-/m1/s1. The number of anilines is 1. The van der Waals surface area contributed by atoms with E-state index in [2.05, 4.69) is 15.5 Å². The molecule has 0 unspecified atom stereocenters. The highest BCUT2D eigenvalue weighted by atomic mass is 32.2. The first-order chi connectivity index (χ1) is 12.3. The van der Waals surface area contributed by atoms with E-state index in [1.165, 1.54) is 7.05 Å². The zero-order chi connectivity index (χ0) is 18.9. The molecular formula is C17H15F3N4OS. The third kappa shape index (κ3) is 3.82. The summed E-state index contributed by atoms with van der Waals surface area (Å²) in [5.41, 5.74) is 0.620. The van der Waals surface area contributed by atoms with Crippen molar-refractivity contribution in [2.75, 3.05) is 5.32 Å². The van der Waals surface area contributed by atoms with E-state index in [9.17, 15) is 18.0 Å². The van der Waals surface area contributed by atoms with Crippen LogP contribution < -0.4 is 5.32 Å². The first-order valence-electron chi connectivity index (χ1n) is 7.68. The highest BCUT2D eigenvalue weighted by Gasteiger charge is 2.37. The molecule has 0 radical (unpaired) electrons. The van der Waals surface area contributed by atoms with Gasteiger partial charge in [-0.3, -0.25) is 4.79 Å². The third-order valence-corrected chi connectivity index (χ3v) is 4.89. The van der Waals surface area contributed by atoms with Crippen molar-refractivity contribution in [1.82, 2.24) is 14.8 Å². The van der Waals surface area contributed by atoms with Gasteiger partial charge in [-0.1, -0.05) is 42.1 Å². The fourth-order valence-electron chi connectivity index (χ4n) is 2.39. The number of hydrogen-bond donors (Lipinski definition) is 1. The number of thioether (sulfide) groups is 1. The largest absolute Gasteiger partial charge is 0.451 e. The van der Waals surface area contributed by atoms with E-state index in [1.54, 1.807) is 13.0 Å². The number of hydrogen-bond acceptors (Lipinski definition) is 4. The van der Waals surface area contributed by atoms with Gasteiger partial charge in [-0.25, -0.2) is 0 Å². The maximum atomic E-state index is 12.8. The molecule has 2 aromatic carbocycles. The molecule has 1 amide bonds. The number of aromatic nitrogens is 3. The molecule has 0 spiro atoms. The molecule has 1 N–H and O–H groups in total. The number of nitrogens with zero attached hydrogens (tertiary/aromatic N) is 3. The van der Waals surface area contributed by atoms with Crippen LogP contribution in [0.2, 0.25) is 0 Å². The molecule has 0 aliphatic heterocycles. The Morgan fingerprint density at radius 1 is 1.15 bits per heavy atom. The van der Waals surface area contributed by atoms with Gasteiger partial charge < -0.3 is 9.88 Å². The maximum absolute atomic E-state index is 12.8. The molecule has 0 aliphatic carbocycles. The Hall–Kier alpha value is -2.55. The SMILES string of the molecule is C[C@@H](Sc1nnc(C(F)(F)F)n1C)C(=O)Nc1ccc2ccccc2c1. The van der Waals surface area contributed by atoms with Gasteiger partial charge in [-0.05, 0) is 29.8 Å². The molecule has 0 saturated heterocycles. The van der Waals surface area contributed by atoms with Crippen LogP contribution in [-0.4, -0.2) is 25.9 Å². The second kappa shape index (κ2) is 6.99. The van der Waals surface area contributed by atoms with Gasteiger partial charge in [-0.2, -0.15) is 13.2 Å². The summed E-state index contributed by atoms with van der Waals surface area (Å²) in [7, 11) is 1.22. The first-order valence-corrected chi connectivity index (χ1v) is 8.56. The summed E-state index contributed by atoms with van der Waals surface area (Å²) in [5.74, 6) is -1.43. The Bertz CT molecular complexity index is 955. The molecule has 0 aliphatic rings. The van der Waals surface area contributed by atoms with Crippen molar-refractivity contribution < 1.29 is 18.0 Å². The predicted molar refractivity (Wildman–Crippen MR) is 93.9 cm³/mol. The molecule has 5 nitrogen and oxygen atoms in total. The third-order valence-electron chi connectivity index (χ3n) is 3.76. The second-order valence-electron chi connectivity index (χ2n) is 5.67. The van der Waals surface area contributed by atoms with Gasteiger partial charge in [0, 0.05) is 12.7 Å². The molecule has 1 heterocycles. The quantitative estimate of drug-likeness (QED) is 0.692. The molecule has 1 atom stereocenters. The summed E-state index contributed by atoms with van der Waals surface area (Å²) in [5, 5.41) is 10.9. The average Bonchev–Trinajstić information content (AvgIpc) is 2.95. The minimum absolute atomic E-state index is 0.0264. The molecule has 0 saturated carbocycles. The van der Waals surface area contributed by atoms with Crippen LogP contribution in [0.1, 0.15) is 12.7 Å². The summed E-state index contributed by atoms with van der Waals surface area (Å²) < 4.78 is 39.1.